The van der Waals surface area contributed by atoms with Gasteiger partial charge in [-0.05, 0) is 43.5 Å². The van der Waals surface area contributed by atoms with Gasteiger partial charge in [-0.15, -0.1) is 0 Å². The molecule has 0 radical (unpaired) electrons. The molecule has 4 nitrogen and oxygen atoms in total. The summed E-state index contributed by atoms with van der Waals surface area (Å²) in [7, 11) is 1.65. The molecule has 1 saturated heterocycles. The summed E-state index contributed by atoms with van der Waals surface area (Å²) in [5, 5.41) is 6.45. The molecule has 20 heavy (non-hydrogen) atoms. The lowest BCUT2D eigenvalue weighted by Crippen LogP contribution is -2.53. The van der Waals surface area contributed by atoms with Crippen LogP contribution in [0, 0.1) is 0 Å². The number of carbonyl (C=O) groups is 1. The molecule has 1 heterocycles. The van der Waals surface area contributed by atoms with Crippen LogP contribution in [0.1, 0.15) is 38.2 Å². The molecular formula is C16H24N2O2. The summed E-state index contributed by atoms with van der Waals surface area (Å²) in [6.45, 7) is 3.60. The van der Waals surface area contributed by atoms with Crippen LogP contribution in [-0.4, -0.2) is 25.1 Å². The molecule has 0 bridgehead atoms. The third-order valence-corrected chi connectivity index (χ3v) is 3.94. The second kappa shape index (κ2) is 6.75. The van der Waals surface area contributed by atoms with Crippen molar-refractivity contribution in [2.45, 2.75) is 44.7 Å². The highest BCUT2D eigenvalue weighted by Crippen LogP contribution is 2.25. The van der Waals surface area contributed by atoms with Gasteiger partial charge in [0.2, 0.25) is 5.91 Å². The summed E-state index contributed by atoms with van der Waals surface area (Å²) < 4.78 is 5.19. The van der Waals surface area contributed by atoms with Crippen LogP contribution >= 0.6 is 0 Å². The minimum absolute atomic E-state index is 0.125. The number of hydrogen-bond donors (Lipinski definition) is 2. The molecule has 0 spiro atoms. The molecule has 1 aromatic carbocycles. The highest BCUT2D eigenvalue weighted by molar-refractivity contribution is 5.86. The van der Waals surface area contributed by atoms with E-state index in [0.717, 1.165) is 43.5 Å². The van der Waals surface area contributed by atoms with Crippen molar-refractivity contribution in [1.29, 1.82) is 0 Å². The van der Waals surface area contributed by atoms with Gasteiger partial charge in [-0.1, -0.05) is 25.5 Å². The first kappa shape index (κ1) is 14.9. The number of methoxy groups -OCH3 is 1. The maximum absolute atomic E-state index is 12.5. The molecule has 110 valence electrons. The van der Waals surface area contributed by atoms with Crippen molar-refractivity contribution in [2.24, 2.45) is 0 Å². The highest BCUT2D eigenvalue weighted by atomic mass is 16.5. The van der Waals surface area contributed by atoms with Crippen molar-refractivity contribution in [3.05, 3.63) is 29.8 Å². The normalized spacial score (nSPS) is 21.7. The van der Waals surface area contributed by atoms with E-state index in [1.165, 1.54) is 0 Å². The molecular weight excluding hydrogens is 252 g/mol. The van der Waals surface area contributed by atoms with Gasteiger partial charge in [-0.2, -0.15) is 0 Å². The van der Waals surface area contributed by atoms with Gasteiger partial charge in [0, 0.05) is 6.54 Å². The lowest BCUT2D eigenvalue weighted by atomic mass is 9.91. The molecule has 1 atom stereocenters. The number of hydrogen-bond acceptors (Lipinski definition) is 3. The lowest BCUT2D eigenvalue weighted by Gasteiger charge is -2.27. The van der Waals surface area contributed by atoms with Gasteiger partial charge in [0.15, 0.2) is 0 Å². The Bertz CT molecular complexity index is 454. The van der Waals surface area contributed by atoms with E-state index in [-0.39, 0.29) is 11.4 Å². The smallest absolute Gasteiger partial charge is 0.240 e. The molecule has 1 fully saturated rings. The molecule has 1 aliphatic rings. The van der Waals surface area contributed by atoms with Crippen molar-refractivity contribution in [2.75, 3.05) is 13.7 Å². The van der Waals surface area contributed by atoms with Crippen LogP contribution < -0.4 is 15.4 Å². The fourth-order valence-electron chi connectivity index (χ4n) is 2.89. The van der Waals surface area contributed by atoms with Crippen molar-refractivity contribution in [3.8, 4) is 5.75 Å². The molecule has 1 unspecified atom stereocenters. The average molecular weight is 276 g/mol. The van der Waals surface area contributed by atoms with Crippen LogP contribution in [0.2, 0.25) is 0 Å². The predicted molar refractivity (Wildman–Crippen MR) is 79.7 cm³/mol. The van der Waals surface area contributed by atoms with Crippen molar-refractivity contribution >= 4 is 5.91 Å². The van der Waals surface area contributed by atoms with E-state index < -0.39 is 0 Å². The Morgan fingerprint density at radius 2 is 2.35 bits per heavy atom. The molecule has 1 amide bonds. The van der Waals surface area contributed by atoms with Crippen molar-refractivity contribution < 1.29 is 9.53 Å². The van der Waals surface area contributed by atoms with Gasteiger partial charge < -0.3 is 15.4 Å². The van der Waals surface area contributed by atoms with E-state index in [0.29, 0.717) is 6.54 Å². The summed E-state index contributed by atoms with van der Waals surface area (Å²) in [4.78, 5) is 12.5. The molecule has 1 aromatic rings. The summed E-state index contributed by atoms with van der Waals surface area (Å²) >= 11 is 0. The summed E-state index contributed by atoms with van der Waals surface area (Å²) in [5.41, 5.74) is 0.704. The summed E-state index contributed by atoms with van der Waals surface area (Å²) in [6, 6.07) is 7.80. The summed E-state index contributed by atoms with van der Waals surface area (Å²) in [5.74, 6) is 0.943. The quantitative estimate of drug-likeness (QED) is 0.837. The van der Waals surface area contributed by atoms with Gasteiger partial charge in [0.25, 0.3) is 0 Å². The molecule has 4 heteroatoms. The molecule has 0 aromatic heterocycles. The Morgan fingerprint density at radius 3 is 3.00 bits per heavy atom. The zero-order valence-electron chi connectivity index (χ0n) is 12.4. The number of nitrogens with one attached hydrogen (secondary N) is 2. The van der Waals surface area contributed by atoms with Gasteiger partial charge >= 0.3 is 0 Å². The van der Waals surface area contributed by atoms with E-state index in [4.69, 9.17) is 4.74 Å². The SMILES string of the molecule is CCCC1(C(=O)NCc2cccc(OC)c2)CCCN1. The van der Waals surface area contributed by atoms with Crippen molar-refractivity contribution in [1.82, 2.24) is 10.6 Å². The number of amides is 1. The van der Waals surface area contributed by atoms with Gasteiger partial charge in [-0.3, -0.25) is 4.79 Å². The third kappa shape index (κ3) is 3.31. The standard InChI is InChI=1S/C16H24N2O2/c1-3-8-16(9-5-10-18-16)15(19)17-12-13-6-4-7-14(11-13)20-2/h4,6-7,11,18H,3,5,8-10,12H2,1-2H3,(H,17,19). The van der Waals surface area contributed by atoms with E-state index in [1.54, 1.807) is 7.11 Å². The first-order valence-corrected chi connectivity index (χ1v) is 7.36. The first-order valence-electron chi connectivity index (χ1n) is 7.36. The number of benzene rings is 1. The topological polar surface area (TPSA) is 50.4 Å². The number of rotatable bonds is 6. The number of ether oxygens (including phenoxy) is 1. The fourth-order valence-corrected chi connectivity index (χ4v) is 2.89. The Hall–Kier alpha value is -1.55. The Kier molecular flexibility index (Phi) is 5.01. The Balaban J connectivity index is 1.96. The van der Waals surface area contributed by atoms with Gasteiger partial charge in [0.05, 0.1) is 12.6 Å². The molecule has 2 rings (SSSR count). The van der Waals surface area contributed by atoms with E-state index in [2.05, 4.69) is 17.6 Å². The minimum Gasteiger partial charge on any atom is -0.497 e. The average Bonchev–Trinajstić information content (AvgIpc) is 2.95. The minimum atomic E-state index is -0.354. The molecule has 2 N–H and O–H groups in total. The second-order valence-corrected chi connectivity index (χ2v) is 5.40. The lowest BCUT2D eigenvalue weighted by molar-refractivity contribution is -0.127. The monoisotopic (exact) mass is 276 g/mol. The number of carbonyl (C=O) groups excluding carboxylic acids is 1. The first-order chi connectivity index (χ1) is 9.70. The zero-order chi connectivity index (χ0) is 14.4. The Morgan fingerprint density at radius 1 is 1.50 bits per heavy atom. The van der Waals surface area contributed by atoms with Crippen LogP contribution in [0.4, 0.5) is 0 Å². The third-order valence-electron chi connectivity index (χ3n) is 3.94. The largest absolute Gasteiger partial charge is 0.497 e. The summed E-state index contributed by atoms with van der Waals surface area (Å²) in [6.07, 6.45) is 3.92. The zero-order valence-corrected chi connectivity index (χ0v) is 12.4. The maximum Gasteiger partial charge on any atom is 0.240 e. The van der Waals surface area contributed by atoms with Crippen LogP contribution in [0.3, 0.4) is 0 Å². The van der Waals surface area contributed by atoms with Crippen LogP contribution in [0.15, 0.2) is 24.3 Å². The van der Waals surface area contributed by atoms with Gasteiger partial charge in [0.1, 0.15) is 5.75 Å². The van der Waals surface area contributed by atoms with E-state index in [9.17, 15) is 4.79 Å². The fraction of sp³-hybridized carbons (Fsp3) is 0.562. The second-order valence-electron chi connectivity index (χ2n) is 5.40. The predicted octanol–water partition coefficient (Wildman–Crippen LogP) is 2.23. The molecule has 0 aliphatic carbocycles. The van der Waals surface area contributed by atoms with E-state index >= 15 is 0 Å². The van der Waals surface area contributed by atoms with Crippen LogP contribution in [0.5, 0.6) is 5.75 Å². The maximum atomic E-state index is 12.5. The van der Waals surface area contributed by atoms with Gasteiger partial charge in [-0.25, -0.2) is 0 Å². The van der Waals surface area contributed by atoms with E-state index in [1.807, 2.05) is 24.3 Å². The molecule has 0 saturated carbocycles. The van der Waals surface area contributed by atoms with Crippen molar-refractivity contribution in [3.63, 3.8) is 0 Å². The Labute approximate surface area is 120 Å². The highest BCUT2D eigenvalue weighted by Gasteiger charge is 2.39. The van der Waals surface area contributed by atoms with Crippen LogP contribution in [-0.2, 0) is 11.3 Å². The van der Waals surface area contributed by atoms with Crippen LogP contribution in [0.25, 0.3) is 0 Å². The molecule has 1 aliphatic heterocycles.